The summed E-state index contributed by atoms with van der Waals surface area (Å²) in [6.07, 6.45) is 11.0. The van der Waals surface area contributed by atoms with E-state index >= 15 is 0 Å². The molecule has 3 unspecified atom stereocenters. The summed E-state index contributed by atoms with van der Waals surface area (Å²) in [6, 6.07) is 17.8. The first-order valence-electron chi connectivity index (χ1n) is 15.6. The molecule has 4 saturated carbocycles. The third-order valence-corrected chi connectivity index (χ3v) is 10.7. The monoisotopic (exact) mass is 600 g/mol. The molecule has 3 aromatic rings. The quantitative estimate of drug-likeness (QED) is 0.202. The number of nitrogens with zero attached hydrogens (tertiary/aromatic N) is 2. The predicted molar refractivity (Wildman–Crippen MR) is 164 cm³/mol. The molecule has 0 spiro atoms. The predicted octanol–water partition coefficient (Wildman–Crippen LogP) is 6.07. The second-order valence-corrected chi connectivity index (χ2v) is 13.9. The Balaban J connectivity index is 0.982. The maximum atomic E-state index is 12.9. The van der Waals surface area contributed by atoms with Gasteiger partial charge in [0, 0.05) is 42.2 Å². The van der Waals surface area contributed by atoms with Crippen LogP contribution in [0.25, 0.3) is 0 Å². The number of thioether (sulfide) groups is 1. The van der Waals surface area contributed by atoms with Crippen molar-refractivity contribution in [1.29, 1.82) is 0 Å². The molecule has 4 bridgehead atoms. The van der Waals surface area contributed by atoms with Crippen molar-refractivity contribution in [1.82, 2.24) is 20.6 Å². The van der Waals surface area contributed by atoms with E-state index in [1.807, 2.05) is 54.6 Å². The van der Waals surface area contributed by atoms with Crippen molar-refractivity contribution in [2.45, 2.75) is 87.3 Å². The number of benzene rings is 2. The lowest BCUT2D eigenvalue weighted by atomic mass is 9.53. The van der Waals surface area contributed by atoms with Crippen LogP contribution in [-0.4, -0.2) is 38.5 Å². The summed E-state index contributed by atoms with van der Waals surface area (Å²) in [7, 11) is 0. The number of hydrogen-bond acceptors (Lipinski definition) is 7. The SMILES string of the molecule is O=C(NCc1ccc(C2OC(CSc3ncccn3)CC(c3ccc(CO)cc3)O2)cc1)NC12CC3CC(CC(C3)C1)C2. The Morgan fingerprint density at radius 2 is 1.49 bits per heavy atom. The average molecular weight is 601 g/mol. The lowest BCUT2D eigenvalue weighted by Gasteiger charge is -2.56. The smallest absolute Gasteiger partial charge is 0.315 e. The van der Waals surface area contributed by atoms with Gasteiger partial charge in [-0.3, -0.25) is 0 Å². The van der Waals surface area contributed by atoms with E-state index in [4.69, 9.17) is 9.47 Å². The Hall–Kier alpha value is -2.98. The third kappa shape index (κ3) is 6.75. The van der Waals surface area contributed by atoms with Crippen LogP contribution < -0.4 is 10.6 Å². The summed E-state index contributed by atoms with van der Waals surface area (Å²) in [5, 5.41) is 16.7. The molecule has 9 heteroatoms. The van der Waals surface area contributed by atoms with Crippen LogP contribution in [0, 0.1) is 17.8 Å². The van der Waals surface area contributed by atoms with E-state index in [-0.39, 0.29) is 30.4 Å². The van der Waals surface area contributed by atoms with Crippen molar-refractivity contribution in [3.8, 4) is 0 Å². The first kappa shape index (κ1) is 28.8. The highest BCUT2D eigenvalue weighted by Crippen LogP contribution is 2.55. The minimum Gasteiger partial charge on any atom is -0.392 e. The van der Waals surface area contributed by atoms with E-state index in [2.05, 4.69) is 20.6 Å². The molecule has 1 aliphatic heterocycles. The number of carbonyl (C=O) groups excluding carboxylic acids is 1. The van der Waals surface area contributed by atoms with Gasteiger partial charge in [-0.25, -0.2) is 14.8 Å². The molecule has 5 aliphatic rings. The van der Waals surface area contributed by atoms with Gasteiger partial charge in [-0.1, -0.05) is 60.3 Å². The van der Waals surface area contributed by atoms with Crippen LogP contribution in [0.4, 0.5) is 4.79 Å². The molecule has 0 radical (unpaired) electrons. The van der Waals surface area contributed by atoms with Gasteiger partial charge in [0.1, 0.15) is 0 Å². The fourth-order valence-electron chi connectivity index (χ4n) is 8.07. The van der Waals surface area contributed by atoms with Crippen molar-refractivity contribution in [2.75, 3.05) is 5.75 Å². The summed E-state index contributed by atoms with van der Waals surface area (Å²) in [4.78, 5) is 21.6. The first-order chi connectivity index (χ1) is 21.0. The van der Waals surface area contributed by atoms with Crippen molar-refractivity contribution in [2.24, 2.45) is 17.8 Å². The Morgan fingerprint density at radius 1 is 0.860 bits per heavy atom. The summed E-state index contributed by atoms with van der Waals surface area (Å²) >= 11 is 1.58. The van der Waals surface area contributed by atoms with E-state index in [9.17, 15) is 9.90 Å². The number of aromatic nitrogens is 2. The molecular formula is C34H40N4O4S. The maximum Gasteiger partial charge on any atom is 0.315 e. The number of carbonyl (C=O) groups is 1. The van der Waals surface area contributed by atoms with Gasteiger partial charge < -0.3 is 25.2 Å². The molecule has 1 aromatic heterocycles. The number of aliphatic hydroxyl groups excluding tert-OH is 1. The van der Waals surface area contributed by atoms with Gasteiger partial charge >= 0.3 is 6.03 Å². The van der Waals surface area contributed by atoms with Crippen LogP contribution in [-0.2, 0) is 22.6 Å². The Kier molecular flexibility index (Phi) is 8.40. The largest absolute Gasteiger partial charge is 0.392 e. The van der Waals surface area contributed by atoms with Crippen LogP contribution in [0.2, 0.25) is 0 Å². The summed E-state index contributed by atoms with van der Waals surface area (Å²) < 4.78 is 12.9. The molecule has 2 heterocycles. The average Bonchev–Trinajstić information content (AvgIpc) is 3.02. The summed E-state index contributed by atoms with van der Waals surface area (Å²) in [5.74, 6) is 3.10. The van der Waals surface area contributed by atoms with Gasteiger partial charge in [0.05, 0.1) is 18.8 Å². The Morgan fingerprint density at radius 3 is 2.14 bits per heavy atom. The van der Waals surface area contributed by atoms with Crippen molar-refractivity contribution in [3.05, 3.63) is 89.2 Å². The topological polar surface area (TPSA) is 106 Å². The zero-order chi connectivity index (χ0) is 29.2. The standard InChI is InChI=1S/C34H40N4O4S/c39-20-23-4-6-27(7-5-23)30-15-29(21-43-33-35-10-1-11-36-33)41-31(42-30)28-8-2-22(3-9-28)19-37-32(40)38-34-16-24-12-25(17-34)14-26(13-24)18-34/h1-11,24-26,29-31,39H,12-21H2,(H2,37,38,40). The number of amides is 2. The summed E-state index contributed by atoms with van der Waals surface area (Å²) in [5.41, 5.74) is 3.90. The van der Waals surface area contributed by atoms with Gasteiger partial charge in [-0.05, 0) is 79.0 Å². The van der Waals surface area contributed by atoms with Gasteiger partial charge in [-0.15, -0.1) is 0 Å². The maximum absolute atomic E-state index is 12.9. The molecule has 2 aromatic carbocycles. The molecule has 5 fully saturated rings. The van der Waals surface area contributed by atoms with E-state index in [1.165, 1.54) is 19.3 Å². The normalized spacial score (nSPS) is 31.1. The molecule has 2 amide bonds. The third-order valence-electron chi connectivity index (χ3n) is 9.68. The molecule has 1 saturated heterocycles. The Bertz CT molecular complexity index is 1350. The number of rotatable bonds is 9. The fraction of sp³-hybridized carbons (Fsp3) is 0.500. The zero-order valence-electron chi connectivity index (χ0n) is 24.4. The fourth-order valence-corrected chi connectivity index (χ4v) is 8.89. The van der Waals surface area contributed by atoms with Crippen molar-refractivity contribution >= 4 is 17.8 Å². The highest BCUT2D eigenvalue weighted by Gasteiger charge is 2.51. The number of ether oxygens (including phenoxy) is 2. The van der Waals surface area contributed by atoms with E-state index < -0.39 is 6.29 Å². The van der Waals surface area contributed by atoms with Crippen LogP contribution in [0.15, 0.2) is 72.1 Å². The van der Waals surface area contributed by atoms with Crippen LogP contribution >= 0.6 is 11.8 Å². The zero-order valence-corrected chi connectivity index (χ0v) is 25.2. The lowest BCUT2D eigenvalue weighted by molar-refractivity contribution is -0.245. The van der Waals surface area contributed by atoms with E-state index in [1.54, 1.807) is 24.2 Å². The molecule has 8 rings (SSSR count). The second kappa shape index (κ2) is 12.6. The summed E-state index contributed by atoms with van der Waals surface area (Å²) in [6.45, 7) is 0.486. The molecule has 8 nitrogen and oxygen atoms in total. The van der Waals surface area contributed by atoms with Crippen molar-refractivity contribution < 1.29 is 19.4 Å². The van der Waals surface area contributed by atoms with Crippen LogP contribution in [0.1, 0.15) is 79.6 Å². The first-order valence-corrected chi connectivity index (χ1v) is 16.6. The highest BCUT2D eigenvalue weighted by atomic mass is 32.2. The molecule has 4 aliphatic carbocycles. The molecule has 3 atom stereocenters. The number of urea groups is 1. The van der Waals surface area contributed by atoms with Crippen LogP contribution in [0.3, 0.4) is 0 Å². The minimum atomic E-state index is -0.528. The number of nitrogens with one attached hydrogen (secondary N) is 2. The Labute approximate surface area is 257 Å². The number of hydrogen-bond donors (Lipinski definition) is 3. The number of aliphatic hydroxyl groups is 1. The molecule has 43 heavy (non-hydrogen) atoms. The van der Waals surface area contributed by atoms with E-state index in [0.29, 0.717) is 18.7 Å². The van der Waals surface area contributed by atoms with E-state index in [0.717, 1.165) is 64.4 Å². The lowest BCUT2D eigenvalue weighted by Crippen LogP contribution is -2.61. The minimum absolute atomic E-state index is 0.00870. The van der Waals surface area contributed by atoms with Gasteiger partial charge in [-0.2, -0.15) is 0 Å². The van der Waals surface area contributed by atoms with Gasteiger partial charge in [0.2, 0.25) is 0 Å². The second-order valence-electron chi connectivity index (χ2n) is 12.9. The highest BCUT2D eigenvalue weighted by molar-refractivity contribution is 7.99. The van der Waals surface area contributed by atoms with Gasteiger partial charge in [0.25, 0.3) is 0 Å². The molecule has 226 valence electrons. The molecule has 3 N–H and O–H groups in total. The van der Waals surface area contributed by atoms with Crippen LogP contribution in [0.5, 0.6) is 0 Å². The van der Waals surface area contributed by atoms with Crippen molar-refractivity contribution in [3.63, 3.8) is 0 Å². The van der Waals surface area contributed by atoms with Gasteiger partial charge in [0.15, 0.2) is 11.4 Å². The molecular weight excluding hydrogens is 560 g/mol.